The molecule has 0 aliphatic carbocycles. The van der Waals surface area contributed by atoms with Crippen molar-refractivity contribution in [3.63, 3.8) is 0 Å². The van der Waals surface area contributed by atoms with Gasteiger partial charge >= 0.3 is 5.97 Å². The maximum absolute atomic E-state index is 11.9. The van der Waals surface area contributed by atoms with Crippen molar-refractivity contribution in [1.82, 2.24) is 4.90 Å². The lowest BCUT2D eigenvalue weighted by Gasteiger charge is -2.18. The van der Waals surface area contributed by atoms with E-state index in [1.807, 2.05) is 30.3 Å². The molecule has 3 rings (SSSR count). The molecule has 2 N–H and O–H groups in total. The summed E-state index contributed by atoms with van der Waals surface area (Å²) in [4.78, 5) is 24.4. The van der Waals surface area contributed by atoms with E-state index in [9.17, 15) is 14.7 Å². The Bertz CT molecular complexity index is 725. The summed E-state index contributed by atoms with van der Waals surface area (Å²) in [6, 6.07) is 11.0. The minimum absolute atomic E-state index is 0.0286. The molecule has 1 saturated heterocycles. The first-order valence-corrected chi connectivity index (χ1v) is 6.76. The van der Waals surface area contributed by atoms with Gasteiger partial charge in [-0.1, -0.05) is 30.3 Å². The molecule has 5 heteroatoms. The van der Waals surface area contributed by atoms with Gasteiger partial charge in [0, 0.05) is 25.1 Å². The largest absolute Gasteiger partial charge is 0.508 e. The van der Waals surface area contributed by atoms with Crippen LogP contribution < -0.4 is 0 Å². The summed E-state index contributed by atoms with van der Waals surface area (Å²) in [5.74, 6) is -1.67. The van der Waals surface area contributed by atoms with Gasteiger partial charge in [0.1, 0.15) is 5.75 Å². The molecule has 0 aromatic heterocycles. The van der Waals surface area contributed by atoms with Crippen molar-refractivity contribution in [3.05, 3.63) is 42.0 Å². The average Bonchev–Trinajstić information content (AvgIpc) is 2.84. The highest BCUT2D eigenvalue weighted by Crippen LogP contribution is 2.30. The number of benzene rings is 2. The van der Waals surface area contributed by atoms with Gasteiger partial charge in [-0.25, -0.2) is 0 Å². The van der Waals surface area contributed by atoms with Gasteiger partial charge in [0.05, 0.1) is 5.92 Å². The number of aromatic hydroxyl groups is 1. The molecule has 1 amide bonds. The van der Waals surface area contributed by atoms with Crippen LogP contribution in [0.4, 0.5) is 0 Å². The number of fused-ring (bicyclic) bond motifs is 1. The summed E-state index contributed by atoms with van der Waals surface area (Å²) in [6.07, 6.45) is 0.0286. The van der Waals surface area contributed by atoms with Crippen molar-refractivity contribution >= 4 is 22.6 Å². The molecule has 0 saturated carbocycles. The first-order valence-electron chi connectivity index (χ1n) is 6.76. The molecule has 0 radical (unpaired) electrons. The third-order valence-electron chi connectivity index (χ3n) is 3.93. The van der Waals surface area contributed by atoms with Crippen molar-refractivity contribution in [3.8, 4) is 5.75 Å². The summed E-state index contributed by atoms with van der Waals surface area (Å²) in [7, 11) is 0. The van der Waals surface area contributed by atoms with Gasteiger partial charge in [-0.15, -0.1) is 0 Å². The number of amides is 1. The number of hydrogen-bond donors (Lipinski definition) is 2. The van der Waals surface area contributed by atoms with Crippen molar-refractivity contribution in [2.24, 2.45) is 5.92 Å². The number of hydrogen-bond acceptors (Lipinski definition) is 3. The molecule has 0 bridgehead atoms. The highest BCUT2D eigenvalue weighted by atomic mass is 16.4. The number of phenols is 1. The maximum Gasteiger partial charge on any atom is 0.308 e. The maximum atomic E-state index is 11.9. The molecule has 21 heavy (non-hydrogen) atoms. The number of rotatable bonds is 3. The molecule has 0 spiro atoms. The molecular weight excluding hydrogens is 270 g/mol. The Hall–Kier alpha value is -2.56. The molecule has 5 nitrogen and oxygen atoms in total. The average molecular weight is 285 g/mol. The molecule has 1 aliphatic heterocycles. The molecule has 108 valence electrons. The normalized spacial score (nSPS) is 18.4. The molecule has 2 aromatic rings. The van der Waals surface area contributed by atoms with E-state index in [0.717, 1.165) is 10.8 Å². The quantitative estimate of drug-likeness (QED) is 0.904. The predicted octanol–water partition coefficient (Wildman–Crippen LogP) is 1.98. The van der Waals surface area contributed by atoms with Crippen molar-refractivity contribution < 1.29 is 19.8 Å². The van der Waals surface area contributed by atoms with Crippen LogP contribution in [0.3, 0.4) is 0 Å². The highest BCUT2D eigenvalue weighted by molar-refractivity contribution is 5.89. The van der Waals surface area contributed by atoms with E-state index in [-0.39, 0.29) is 31.2 Å². The Morgan fingerprint density at radius 2 is 2.00 bits per heavy atom. The van der Waals surface area contributed by atoms with Crippen LogP contribution in [-0.4, -0.2) is 33.5 Å². The zero-order valence-corrected chi connectivity index (χ0v) is 11.3. The van der Waals surface area contributed by atoms with Crippen LogP contribution in [0.5, 0.6) is 5.75 Å². The molecule has 1 heterocycles. The first-order chi connectivity index (χ1) is 10.1. The van der Waals surface area contributed by atoms with Crippen LogP contribution >= 0.6 is 0 Å². The third kappa shape index (κ3) is 2.42. The van der Waals surface area contributed by atoms with Crippen LogP contribution in [0.1, 0.15) is 12.0 Å². The Balaban J connectivity index is 1.93. The minimum Gasteiger partial charge on any atom is -0.508 e. The smallest absolute Gasteiger partial charge is 0.308 e. The van der Waals surface area contributed by atoms with E-state index < -0.39 is 11.9 Å². The standard InChI is InChI=1S/C16H15NO4/c18-14-6-5-10-3-1-2-4-12(10)13(14)9-17-8-11(16(20)21)7-15(17)19/h1-6,11,18H,7-9H2,(H,20,21)/t11-/m1/s1. The molecule has 0 unspecified atom stereocenters. The summed E-state index contributed by atoms with van der Waals surface area (Å²) in [5, 5.41) is 20.9. The number of nitrogens with zero attached hydrogens (tertiary/aromatic N) is 1. The molecule has 2 aromatic carbocycles. The van der Waals surface area contributed by atoms with Gasteiger partial charge in [0.15, 0.2) is 0 Å². The van der Waals surface area contributed by atoms with E-state index in [2.05, 4.69) is 0 Å². The third-order valence-corrected chi connectivity index (χ3v) is 3.93. The number of phenolic OH excluding ortho intramolecular Hbond substituents is 1. The lowest BCUT2D eigenvalue weighted by molar-refractivity contribution is -0.141. The van der Waals surface area contributed by atoms with E-state index >= 15 is 0 Å². The number of carbonyl (C=O) groups is 2. The molecular formula is C16H15NO4. The Morgan fingerprint density at radius 3 is 2.71 bits per heavy atom. The minimum atomic E-state index is -0.951. The summed E-state index contributed by atoms with van der Waals surface area (Å²) in [6.45, 7) is 0.423. The van der Waals surface area contributed by atoms with Crippen LogP contribution in [0, 0.1) is 5.92 Å². The Kier molecular flexibility index (Phi) is 3.25. The second-order valence-electron chi connectivity index (χ2n) is 5.30. The van der Waals surface area contributed by atoms with Gasteiger partial charge in [0.25, 0.3) is 0 Å². The predicted molar refractivity (Wildman–Crippen MR) is 76.8 cm³/mol. The van der Waals surface area contributed by atoms with E-state index in [4.69, 9.17) is 5.11 Å². The monoisotopic (exact) mass is 285 g/mol. The van der Waals surface area contributed by atoms with Gasteiger partial charge in [0.2, 0.25) is 5.91 Å². The zero-order chi connectivity index (χ0) is 15.0. The fraction of sp³-hybridized carbons (Fsp3) is 0.250. The lowest BCUT2D eigenvalue weighted by Crippen LogP contribution is -2.25. The summed E-state index contributed by atoms with van der Waals surface area (Å²) in [5.41, 5.74) is 0.660. The Morgan fingerprint density at radius 1 is 1.24 bits per heavy atom. The molecule has 1 atom stereocenters. The highest BCUT2D eigenvalue weighted by Gasteiger charge is 2.34. The number of aliphatic carboxylic acids is 1. The number of likely N-dealkylation sites (tertiary alicyclic amines) is 1. The number of carboxylic acids is 1. The second-order valence-corrected chi connectivity index (χ2v) is 5.30. The fourth-order valence-corrected chi connectivity index (χ4v) is 2.77. The van der Waals surface area contributed by atoms with Gasteiger partial charge < -0.3 is 15.1 Å². The Labute approximate surface area is 121 Å². The molecule has 1 aliphatic rings. The fourth-order valence-electron chi connectivity index (χ4n) is 2.77. The lowest BCUT2D eigenvalue weighted by atomic mass is 10.0. The topological polar surface area (TPSA) is 77.8 Å². The van der Waals surface area contributed by atoms with Crippen molar-refractivity contribution in [2.75, 3.05) is 6.54 Å². The number of carboxylic acid groups (broad SMARTS) is 1. The van der Waals surface area contributed by atoms with Crippen LogP contribution in [-0.2, 0) is 16.1 Å². The zero-order valence-electron chi connectivity index (χ0n) is 11.3. The van der Waals surface area contributed by atoms with Gasteiger partial charge in [-0.2, -0.15) is 0 Å². The van der Waals surface area contributed by atoms with Crippen molar-refractivity contribution in [1.29, 1.82) is 0 Å². The van der Waals surface area contributed by atoms with Crippen LogP contribution in [0.2, 0.25) is 0 Å². The SMILES string of the molecule is O=C(O)[C@@H]1CC(=O)N(Cc2c(O)ccc3ccccc23)C1. The summed E-state index contributed by atoms with van der Waals surface area (Å²) >= 11 is 0. The summed E-state index contributed by atoms with van der Waals surface area (Å²) < 4.78 is 0. The second kappa shape index (κ2) is 5.09. The van der Waals surface area contributed by atoms with E-state index in [0.29, 0.717) is 5.56 Å². The van der Waals surface area contributed by atoms with Gasteiger partial charge in [-0.3, -0.25) is 9.59 Å². The first kappa shape index (κ1) is 13.4. The van der Waals surface area contributed by atoms with Crippen molar-refractivity contribution in [2.45, 2.75) is 13.0 Å². The molecule has 1 fully saturated rings. The van der Waals surface area contributed by atoms with E-state index in [1.165, 1.54) is 4.90 Å². The van der Waals surface area contributed by atoms with Crippen LogP contribution in [0.15, 0.2) is 36.4 Å². The van der Waals surface area contributed by atoms with E-state index in [1.54, 1.807) is 6.07 Å². The van der Waals surface area contributed by atoms with Crippen LogP contribution in [0.25, 0.3) is 10.8 Å². The number of carbonyl (C=O) groups excluding carboxylic acids is 1. The van der Waals surface area contributed by atoms with Gasteiger partial charge in [-0.05, 0) is 16.8 Å².